The number of unbranched alkanes of at least 4 members (excludes halogenated alkanes) is 42. The van der Waals surface area contributed by atoms with Crippen LogP contribution < -0.4 is 15.3 Å². The van der Waals surface area contributed by atoms with E-state index in [4.69, 9.17) is 4.66 Å². The first-order chi connectivity index (χ1) is 30.3. The maximum Gasteiger partial charge on any atom is 3.00 e. The third kappa shape index (κ3) is 85.1. The summed E-state index contributed by atoms with van der Waals surface area (Å²) in [7, 11) is 0. The first-order valence-corrected chi connectivity index (χ1v) is 27.4. The van der Waals surface area contributed by atoms with Gasteiger partial charge in [0.05, 0.1) is 11.9 Å². The van der Waals surface area contributed by atoms with Crippen LogP contribution in [0.15, 0.2) is 0 Å². The minimum atomic E-state index is -0.903. The predicted octanol–water partition coefficient (Wildman–Crippen LogP) is 15.1. The molecule has 0 fully saturated rings. The average Bonchev–Trinajstić information content (AvgIpc) is 3.26. The van der Waals surface area contributed by atoms with Gasteiger partial charge in [0.15, 0.2) is 0 Å². The quantitative estimate of drug-likeness (QED) is 0.0599. The average molecular weight is 955 g/mol. The minimum Gasteiger partial charge on any atom is -0.550 e. The second-order valence-corrected chi connectivity index (χ2v) is 18.2. The Bertz CT molecular complexity index is 727. The molecule has 63 heavy (non-hydrogen) atoms. The summed E-state index contributed by atoms with van der Waals surface area (Å²) in [6, 6.07) is 0. The Hall–Kier alpha value is -0.808. The number of carbonyl (C=O) groups excluding carboxylic acids is 3. The van der Waals surface area contributed by atoms with Crippen LogP contribution in [0, 0.1) is 0 Å². The molecule has 1 radical (unpaired) electrons. The van der Waals surface area contributed by atoms with E-state index in [-0.39, 0.29) is 36.6 Å². The number of hydrogen-bond donors (Lipinski definition) is 1. The van der Waals surface area contributed by atoms with E-state index in [0.717, 1.165) is 38.5 Å². The molecule has 0 saturated carbocycles. The van der Waals surface area contributed by atoms with Gasteiger partial charge in [0.1, 0.15) is 0 Å². The van der Waals surface area contributed by atoms with Crippen molar-refractivity contribution < 1.29 is 51.7 Å². The normalized spacial score (nSPS) is 10.4. The van der Waals surface area contributed by atoms with Crippen LogP contribution in [0.5, 0.6) is 0 Å². The summed E-state index contributed by atoms with van der Waals surface area (Å²) in [5.74, 6) is -2.71. The SMILES string of the molecule is CCCCCCCCCCCCCCCCCC(=O)[O-].CCCCCCCCCCCCCCCCCC(=O)[O-].CCCCCCCCCCCCCCCCCC(=O)[O-].OCl.[Cr+3]. The van der Waals surface area contributed by atoms with Gasteiger partial charge >= 0.3 is 17.4 Å². The summed E-state index contributed by atoms with van der Waals surface area (Å²) in [4.78, 5) is 30.7. The second-order valence-electron chi connectivity index (χ2n) is 18.2. The molecule has 0 amide bonds. The molecule has 0 heterocycles. The van der Waals surface area contributed by atoms with E-state index >= 15 is 0 Å². The van der Waals surface area contributed by atoms with Gasteiger partial charge in [-0.15, -0.1) is 0 Å². The molecule has 0 unspecified atom stereocenters. The summed E-state index contributed by atoms with van der Waals surface area (Å²) in [6.07, 6.45) is 59.6. The molecule has 0 atom stereocenters. The molecule has 0 spiro atoms. The van der Waals surface area contributed by atoms with Crippen LogP contribution in [0.3, 0.4) is 0 Å². The van der Waals surface area contributed by atoms with E-state index in [2.05, 4.69) is 32.6 Å². The predicted molar refractivity (Wildman–Crippen MR) is 262 cm³/mol. The molecule has 0 bridgehead atoms. The summed E-state index contributed by atoms with van der Waals surface area (Å²) < 4.78 is 6.47. The third-order valence-corrected chi connectivity index (χ3v) is 12.0. The van der Waals surface area contributed by atoms with E-state index in [9.17, 15) is 29.7 Å². The van der Waals surface area contributed by atoms with Crippen LogP contribution in [-0.4, -0.2) is 22.6 Å². The summed E-state index contributed by atoms with van der Waals surface area (Å²) in [6.45, 7) is 6.80. The zero-order valence-electron chi connectivity index (χ0n) is 42.1. The molecule has 0 aliphatic heterocycles. The number of rotatable bonds is 48. The third-order valence-electron chi connectivity index (χ3n) is 12.0. The van der Waals surface area contributed by atoms with Crippen molar-refractivity contribution in [1.82, 2.24) is 0 Å². The van der Waals surface area contributed by atoms with Crippen molar-refractivity contribution in [2.75, 3.05) is 0 Å². The Morgan fingerprint density at radius 1 is 0.254 bits per heavy atom. The Morgan fingerprint density at radius 2 is 0.349 bits per heavy atom. The first-order valence-electron chi connectivity index (χ1n) is 27.1. The largest absolute Gasteiger partial charge is 3.00 e. The van der Waals surface area contributed by atoms with Gasteiger partial charge in [-0.25, -0.2) is 0 Å². The molecule has 0 aliphatic rings. The van der Waals surface area contributed by atoms with E-state index in [0.29, 0.717) is 0 Å². The fraction of sp³-hybridized carbons (Fsp3) is 0.944. The van der Waals surface area contributed by atoms with E-state index in [1.54, 1.807) is 0 Å². The topological polar surface area (TPSA) is 141 Å². The zero-order chi connectivity index (χ0) is 46.7. The number of carbonyl (C=O) groups is 3. The standard InChI is InChI=1S/3C18H36O2.ClHO.Cr/c3*1-2-3-4-5-6-7-8-9-10-11-12-13-14-15-16-17-18(19)20;1-2;/h3*2-17H2,1H3,(H,19,20);2H;/q;;;;+3/p-3. The Kier molecular flexibility index (Phi) is 79.3. The van der Waals surface area contributed by atoms with Crippen LogP contribution in [0.1, 0.15) is 329 Å². The van der Waals surface area contributed by atoms with Gasteiger partial charge in [-0.05, 0) is 38.5 Å². The molecule has 0 aromatic rings. The van der Waals surface area contributed by atoms with E-state index in [1.807, 2.05) is 0 Å². The van der Waals surface area contributed by atoms with Crippen LogP contribution in [0.2, 0.25) is 0 Å². The van der Waals surface area contributed by atoms with E-state index in [1.165, 1.54) is 250 Å². The maximum absolute atomic E-state index is 10.2. The molecule has 7 nitrogen and oxygen atoms in total. The minimum absolute atomic E-state index is 0. The number of carboxylic acid groups (broad SMARTS) is 3. The van der Waals surface area contributed by atoms with Crippen molar-refractivity contribution in [2.45, 2.75) is 329 Å². The van der Waals surface area contributed by atoms with Gasteiger partial charge in [0.25, 0.3) is 0 Å². The van der Waals surface area contributed by atoms with Crippen molar-refractivity contribution in [3.63, 3.8) is 0 Å². The molecule has 0 aliphatic carbocycles. The van der Waals surface area contributed by atoms with Gasteiger partial charge in [-0.2, -0.15) is 0 Å². The smallest absolute Gasteiger partial charge is 0.550 e. The van der Waals surface area contributed by atoms with E-state index < -0.39 is 17.9 Å². The van der Waals surface area contributed by atoms with Gasteiger partial charge in [0, 0.05) is 17.9 Å². The summed E-state index contributed by atoms with van der Waals surface area (Å²) in [5.41, 5.74) is 0. The maximum atomic E-state index is 10.2. The molecule has 377 valence electrons. The zero-order valence-corrected chi connectivity index (χ0v) is 44.2. The fourth-order valence-corrected chi connectivity index (χ4v) is 7.92. The molecule has 1 N–H and O–H groups in total. The van der Waals surface area contributed by atoms with Crippen molar-refractivity contribution in [3.05, 3.63) is 0 Å². The molecule has 0 saturated heterocycles. The number of halogens is 1. The van der Waals surface area contributed by atoms with Crippen LogP contribution in [-0.2, 0) is 31.7 Å². The molecule has 0 aromatic carbocycles. The van der Waals surface area contributed by atoms with Gasteiger partial charge in [-0.1, -0.05) is 290 Å². The monoisotopic (exact) mass is 954 g/mol. The van der Waals surface area contributed by atoms with Crippen molar-refractivity contribution in [3.8, 4) is 0 Å². The van der Waals surface area contributed by atoms with Crippen molar-refractivity contribution >= 4 is 29.8 Å². The Morgan fingerprint density at radius 3 is 0.444 bits per heavy atom. The second kappa shape index (κ2) is 70.2. The number of carboxylic acids is 3. The molecule has 0 aromatic heterocycles. The Labute approximate surface area is 408 Å². The van der Waals surface area contributed by atoms with Gasteiger partial charge < -0.3 is 29.7 Å². The Balaban J connectivity index is -0.000000259. The summed E-state index contributed by atoms with van der Waals surface area (Å²) >= 11 is 3.64. The molecular formula is C54H106ClCrO7. The van der Waals surface area contributed by atoms with Crippen molar-refractivity contribution in [1.29, 1.82) is 0 Å². The molecule has 0 rings (SSSR count). The van der Waals surface area contributed by atoms with Crippen LogP contribution in [0.25, 0.3) is 0 Å². The molecular weight excluding hydrogens is 848 g/mol. The van der Waals surface area contributed by atoms with Crippen LogP contribution >= 0.6 is 11.9 Å². The van der Waals surface area contributed by atoms with Crippen LogP contribution in [0.4, 0.5) is 0 Å². The number of aliphatic carboxylic acids is 3. The molecule has 9 heteroatoms. The van der Waals surface area contributed by atoms with Crippen molar-refractivity contribution in [2.24, 2.45) is 0 Å². The van der Waals surface area contributed by atoms with Gasteiger partial charge in [0.2, 0.25) is 0 Å². The summed E-state index contributed by atoms with van der Waals surface area (Å²) in [5, 5.41) is 30.7. The number of hydrogen-bond acceptors (Lipinski definition) is 7. The fourth-order valence-electron chi connectivity index (χ4n) is 7.92. The van der Waals surface area contributed by atoms with Gasteiger partial charge in [-0.3, -0.25) is 4.66 Å². The first kappa shape index (κ1) is 71.2.